The van der Waals surface area contributed by atoms with E-state index in [4.69, 9.17) is 0 Å². The van der Waals surface area contributed by atoms with Crippen LogP contribution in [0, 0.1) is 5.92 Å². The molecular weight excluding hydrogens is 276 g/mol. The Morgan fingerprint density at radius 2 is 2.05 bits per heavy atom. The minimum absolute atomic E-state index is 0.0133. The lowest BCUT2D eigenvalue weighted by atomic mass is 9.89. The molecule has 118 valence electrons. The van der Waals surface area contributed by atoms with E-state index in [-0.39, 0.29) is 24.7 Å². The lowest BCUT2D eigenvalue weighted by molar-refractivity contribution is -0.143. The molecule has 0 aromatic carbocycles. The van der Waals surface area contributed by atoms with Crippen molar-refractivity contribution in [3.05, 3.63) is 0 Å². The second-order valence-electron chi connectivity index (χ2n) is 5.67. The number of amides is 2. The summed E-state index contributed by atoms with van der Waals surface area (Å²) in [6.45, 7) is 2.30. The van der Waals surface area contributed by atoms with Gasteiger partial charge in [-0.15, -0.1) is 0 Å². The molecule has 2 fully saturated rings. The smallest absolute Gasteiger partial charge is 0.325 e. The normalized spacial score (nSPS) is 26.8. The fraction of sp³-hybridized carbons (Fsp3) is 0.786. The molecule has 1 N–H and O–H groups in total. The zero-order chi connectivity index (χ0) is 15.6. The first-order valence-electron chi connectivity index (χ1n) is 7.36. The first-order valence-corrected chi connectivity index (χ1v) is 7.36. The van der Waals surface area contributed by atoms with Gasteiger partial charge in [-0.25, -0.2) is 4.79 Å². The van der Waals surface area contributed by atoms with E-state index < -0.39 is 17.9 Å². The number of rotatable bonds is 5. The standard InChI is InChI=1S/C14H22N2O5/c1-3-6-15(8-12(17)21-2)14(20)16-9-4-5-11(16)10(7-9)13(18)19/h9-11H,3-8H2,1-2H3,(H,18,19). The van der Waals surface area contributed by atoms with Crippen LogP contribution in [0.5, 0.6) is 0 Å². The number of ether oxygens (including phenoxy) is 1. The van der Waals surface area contributed by atoms with Crippen LogP contribution in [-0.4, -0.2) is 65.2 Å². The molecule has 7 nitrogen and oxygen atoms in total. The molecule has 0 aliphatic carbocycles. The summed E-state index contributed by atoms with van der Waals surface area (Å²) in [5, 5.41) is 9.23. The van der Waals surface area contributed by atoms with Crippen molar-refractivity contribution in [2.24, 2.45) is 5.92 Å². The monoisotopic (exact) mass is 298 g/mol. The number of carboxylic acids is 1. The predicted molar refractivity (Wildman–Crippen MR) is 73.7 cm³/mol. The molecule has 21 heavy (non-hydrogen) atoms. The number of carbonyl (C=O) groups excluding carboxylic acids is 2. The van der Waals surface area contributed by atoms with Crippen molar-refractivity contribution in [2.45, 2.75) is 44.7 Å². The molecule has 2 saturated heterocycles. The summed E-state index contributed by atoms with van der Waals surface area (Å²) in [6.07, 6.45) is 2.82. The van der Waals surface area contributed by atoms with Crippen molar-refractivity contribution in [3.8, 4) is 0 Å². The lowest BCUT2D eigenvalue weighted by Crippen LogP contribution is -2.48. The van der Waals surface area contributed by atoms with Crippen molar-refractivity contribution in [2.75, 3.05) is 20.2 Å². The lowest BCUT2D eigenvalue weighted by Gasteiger charge is -2.30. The number of aliphatic carboxylic acids is 1. The van der Waals surface area contributed by atoms with Gasteiger partial charge in [0.25, 0.3) is 0 Å². The summed E-state index contributed by atoms with van der Waals surface area (Å²) in [5.41, 5.74) is 0. The van der Waals surface area contributed by atoms with Crippen LogP contribution in [0.2, 0.25) is 0 Å². The number of nitrogens with zero attached hydrogens (tertiary/aromatic N) is 2. The molecule has 0 aromatic rings. The summed E-state index contributed by atoms with van der Waals surface area (Å²) in [7, 11) is 1.29. The van der Waals surface area contributed by atoms with E-state index in [0.717, 1.165) is 19.3 Å². The zero-order valence-corrected chi connectivity index (χ0v) is 12.4. The van der Waals surface area contributed by atoms with Crippen molar-refractivity contribution < 1.29 is 24.2 Å². The summed E-state index contributed by atoms with van der Waals surface area (Å²) in [5.74, 6) is -1.78. The van der Waals surface area contributed by atoms with Crippen LogP contribution in [-0.2, 0) is 14.3 Å². The van der Waals surface area contributed by atoms with Gasteiger partial charge in [0.15, 0.2) is 0 Å². The maximum absolute atomic E-state index is 12.7. The number of urea groups is 1. The Morgan fingerprint density at radius 1 is 1.33 bits per heavy atom. The predicted octanol–water partition coefficient (Wildman–Crippen LogP) is 0.929. The van der Waals surface area contributed by atoms with Gasteiger partial charge in [0, 0.05) is 18.6 Å². The summed E-state index contributed by atoms with van der Waals surface area (Å²) in [4.78, 5) is 38.5. The van der Waals surface area contributed by atoms with Gasteiger partial charge >= 0.3 is 18.0 Å². The molecule has 3 unspecified atom stereocenters. The van der Waals surface area contributed by atoms with Gasteiger partial charge in [-0.1, -0.05) is 6.92 Å². The number of carboxylic acid groups (broad SMARTS) is 1. The molecule has 2 heterocycles. The Labute approximate surface area is 123 Å². The van der Waals surface area contributed by atoms with Crippen LogP contribution in [0.1, 0.15) is 32.6 Å². The van der Waals surface area contributed by atoms with Gasteiger partial charge in [0.2, 0.25) is 0 Å². The Bertz CT molecular complexity index is 439. The van der Waals surface area contributed by atoms with E-state index in [9.17, 15) is 19.5 Å². The van der Waals surface area contributed by atoms with Gasteiger partial charge in [-0.3, -0.25) is 9.59 Å². The topological polar surface area (TPSA) is 87.2 Å². The van der Waals surface area contributed by atoms with Crippen LogP contribution in [0.4, 0.5) is 4.79 Å². The molecule has 2 amide bonds. The minimum atomic E-state index is -0.838. The molecular formula is C14H22N2O5. The quantitative estimate of drug-likeness (QED) is 0.763. The second-order valence-corrected chi connectivity index (χ2v) is 5.67. The summed E-state index contributed by atoms with van der Waals surface area (Å²) >= 11 is 0. The van der Waals surface area contributed by atoms with Crippen LogP contribution >= 0.6 is 0 Å². The van der Waals surface area contributed by atoms with Crippen molar-refractivity contribution >= 4 is 18.0 Å². The third kappa shape index (κ3) is 2.96. The highest BCUT2D eigenvalue weighted by Crippen LogP contribution is 2.42. The van der Waals surface area contributed by atoms with E-state index in [1.807, 2.05) is 6.92 Å². The molecule has 2 rings (SSSR count). The highest BCUT2D eigenvalue weighted by Gasteiger charge is 2.52. The van der Waals surface area contributed by atoms with E-state index in [2.05, 4.69) is 4.74 Å². The fourth-order valence-corrected chi connectivity index (χ4v) is 3.45. The minimum Gasteiger partial charge on any atom is -0.481 e. The van der Waals surface area contributed by atoms with E-state index >= 15 is 0 Å². The van der Waals surface area contributed by atoms with Crippen molar-refractivity contribution in [3.63, 3.8) is 0 Å². The van der Waals surface area contributed by atoms with E-state index in [0.29, 0.717) is 13.0 Å². The van der Waals surface area contributed by atoms with Crippen molar-refractivity contribution in [1.82, 2.24) is 9.80 Å². The maximum Gasteiger partial charge on any atom is 0.325 e. The van der Waals surface area contributed by atoms with Gasteiger partial charge < -0.3 is 19.6 Å². The maximum atomic E-state index is 12.7. The molecule has 2 aliphatic heterocycles. The van der Waals surface area contributed by atoms with Crippen molar-refractivity contribution in [1.29, 1.82) is 0 Å². The molecule has 2 aliphatic rings. The third-order valence-corrected chi connectivity index (χ3v) is 4.39. The van der Waals surface area contributed by atoms with Gasteiger partial charge in [-0.05, 0) is 25.7 Å². The number of methoxy groups -OCH3 is 1. The van der Waals surface area contributed by atoms with E-state index in [1.54, 1.807) is 4.90 Å². The van der Waals surface area contributed by atoms with Gasteiger partial charge in [-0.2, -0.15) is 0 Å². The summed E-state index contributed by atoms with van der Waals surface area (Å²) in [6, 6.07) is -0.490. The third-order valence-electron chi connectivity index (χ3n) is 4.39. The highest BCUT2D eigenvalue weighted by molar-refractivity contribution is 5.83. The Hall–Kier alpha value is -1.79. The molecule has 0 aromatic heterocycles. The number of carbonyl (C=O) groups is 3. The number of hydrogen-bond donors (Lipinski definition) is 1. The molecule has 0 spiro atoms. The molecule has 3 atom stereocenters. The highest BCUT2D eigenvalue weighted by atomic mass is 16.5. The largest absolute Gasteiger partial charge is 0.481 e. The first-order chi connectivity index (χ1) is 9.99. The first kappa shape index (κ1) is 15.6. The van der Waals surface area contributed by atoms with Gasteiger partial charge in [0.1, 0.15) is 6.54 Å². The van der Waals surface area contributed by atoms with Crippen LogP contribution in [0.25, 0.3) is 0 Å². The number of hydrogen-bond acceptors (Lipinski definition) is 4. The SMILES string of the molecule is CCCN(CC(=O)OC)C(=O)N1C2CCC1C(C(=O)O)C2. The molecule has 2 bridgehead atoms. The molecule has 7 heteroatoms. The summed E-state index contributed by atoms with van der Waals surface area (Å²) < 4.78 is 4.62. The average molecular weight is 298 g/mol. The Kier molecular flexibility index (Phi) is 4.69. The van der Waals surface area contributed by atoms with E-state index in [1.165, 1.54) is 12.0 Å². The zero-order valence-electron chi connectivity index (χ0n) is 12.4. The second kappa shape index (κ2) is 6.32. The molecule has 0 saturated carbocycles. The van der Waals surface area contributed by atoms with Crippen LogP contribution in [0.15, 0.2) is 0 Å². The number of fused-ring (bicyclic) bond motifs is 2. The van der Waals surface area contributed by atoms with Gasteiger partial charge in [0.05, 0.1) is 13.0 Å². The van der Waals surface area contributed by atoms with Crippen LogP contribution in [0.3, 0.4) is 0 Å². The Balaban J connectivity index is 2.10. The van der Waals surface area contributed by atoms with Crippen LogP contribution < -0.4 is 0 Å². The fourth-order valence-electron chi connectivity index (χ4n) is 3.45. The molecule has 0 radical (unpaired) electrons. The average Bonchev–Trinajstić information content (AvgIpc) is 3.03. The number of esters is 1. The Morgan fingerprint density at radius 3 is 2.57 bits per heavy atom.